The fourth-order valence-electron chi connectivity index (χ4n) is 2.39. The maximum absolute atomic E-state index is 13.5. The number of rotatable bonds is 4. The zero-order valence-corrected chi connectivity index (χ0v) is 10.6. The molecule has 0 saturated carbocycles. The highest BCUT2D eigenvalue weighted by atomic mass is 19.1. The Morgan fingerprint density at radius 1 is 1.44 bits per heavy atom. The lowest BCUT2D eigenvalue weighted by atomic mass is 9.99. The largest absolute Gasteiger partial charge is 0.381 e. The summed E-state index contributed by atoms with van der Waals surface area (Å²) in [5.41, 5.74) is 0.809. The summed E-state index contributed by atoms with van der Waals surface area (Å²) in [4.78, 5) is 12.9. The van der Waals surface area contributed by atoms with Gasteiger partial charge in [0.1, 0.15) is 5.82 Å². The summed E-state index contributed by atoms with van der Waals surface area (Å²) in [6, 6.07) is 4.74. The maximum Gasteiger partial charge on any atom is 0.155 e. The third kappa shape index (κ3) is 2.88. The standard InChI is InChI=1S/C14H18FNO2/c1-16(9-11-5-7-18-8-6-11)14-4-2-3-13(15)12(14)10-17/h2-4,10-11H,5-9H2,1H3. The topological polar surface area (TPSA) is 29.5 Å². The minimum absolute atomic E-state index is 0.145. The molecule has 0 radical (unpaired) electrons. The Labute approximate surface area is 107 Å². The van der Waals surface area contributed by atoms with E-state index in [0.717, 1.165) is 32.6 Å². The van der Waals surface area contributed by atoms with Crippen molar-refractivity contribution in [2.45, 2.75) is 12.8 Å². The second-order valence-corrected chi connectivity index (χ2v) is 4.73. The molecule has 0 amide bonds. The molecular formula is C14H18FNO2. The molecule has 4 heteroatoms. The lowest BCUT2D eigenvalue weighted by Gasteiger charge is -2.29. The summed E-state index contributed by atoms with van der Waals surface area (Å²) in [6.07, 6.45) is 2.64. The van der Waals surface area contributed by atoms with E-state index in [-0.39, 0.29) is 5.56 Å². The van der Waals surface area contributed by atoms with E-state index in [1.165, 1.54) is 6.07 Å². The molecule has 1 saturated heterocycles. The number of carbonyl (C=O) groups excluding carboxylic acids is 1. The monoisotopic (exact) mass is 251 g/mol. The van der Waals surface area contributed by atoms with Crippen LogP contribution >= 0.6 is 0 Å². The van der Waals surface area contributed by atoms with E-state index in [4.69, 9.17) is 4.74 Å². The Hall–Kier alpha value is -1.42. The summed E-state index contributed by atoms with van der Waals surface area (Å²) >= 11 is 0. The Morgan fingerprint density at radius 2 is 2.17 bits per heavy atom. The minimum Gasteiger partial charge on any atom is -0.381 e. The van der Waals surface area contributed by atoms with Crippen LogP contribution in [-0.2, 0) is 4.74 Å². The first-order valence-electron chi connectivity index (χ1n) is 6.25. The van der Waals surface area contributed by atoms with E-state index in [0.29, 0.717) is 17.9 Å². The van der Waals surface area contributed by atoms with Crippen LogP contribution in [0.2, 0.25) is 0 Å². The Balaban J connectivity index is 2.10. The van der Waals surface area contributed by atoms with Crippen molar-refractivity contribution in [3.8, 4) is 0 Å². The molecular weight excluding hydrogens is 233 g/mol. The molecule has 1 aliphatic rings. The highest BCUT2D eigenvalue weighted by Gasteiger charge is 2.18. The first-order chi connectivity index (χ1) is 8.72. The highest BCUT2D eigenvalue weighted by Crippen LogP contribution is 2.23. The van der Waals surface area contributed by atoms with Crippen LogP contribution < -0.4 is 4.90 Å². The fourth-order valence-corrected chi connectivity index (χ4v) is 2.39. The Bertz CT molecular complexity index is 416. The molecule has 2 rings (SSSR count). The second kappa shape index (κ2) is 5.96. The van der Waals surface area contributed by atoms with E-state index in [1.54, 1.807) is 12.1 Å². The number of benzene rings is 1. The number of anilines is 1. The summed E-state index contributed by atoms with van der Waals surface area (Å²) < 4.78 is 18.8. The van der Waals surface area contributed by atoms with Gasteiger partial charge in [0, 0.05) is 32.5 Å². The number of hydrogen-bond donors (Lipinski definition) is 0. The van der Waals surface area contributed by atoms with Crippen molar-refractivity contribution in [3.63, 3.8) is 0 Å². The third-order valence-corrected chi connectivity index (χ3v) is 3.43. The Kier molecular flexibility index (Phi) is 4.31. The summed E-state index contributed by atoms with van der Waals surface area (Å²) in [6.45, 7) is 2.41. The van der Waals surface area contributed by atoms with Crippen molar-refractivity contribution in [1.82, 2.24) is 0 Å². The average molecular weight is 251 g/mol. The van der Waals surface area contributed by atoms with Gasteiger partial charge in [0.25, 0.3) is 0 Å². The molecule has 1 heterocycles. The molecule has 0 unspecified atom stereocenters. The molecule has 1 aliphatic heterocycles. The smallest absolute Gasteiger partial charge is 0.155 e. The van der Waals surface area contributed by atoms with Crippen LogP contribution in [0.1, 0.15) is 23.2 Å². The lowest BCUT2D eigenvalue weighted by Crippen LogP contribution is -2.30. The van der Waals surface area contributed by atoms with Crippen LogP contribution in [0.3, 0.4) is 0 Å². The molecule has 0 atom stereocenters. The summed E-state index contributed by atoms with van der Waals surface area (Å²) in [5, 5.41) is 0. The van der Waals surface area contributed by atoms with Gasteiger partial charge in [-0.25, -0.2) is 4.39 Å². The van der Waals surface area contributed by atoms with E-state index in [9.17, 15) is 9.18 Å². The zero-order valence-electron chi connectivity index (χ0n) is 10.6. The van der Waals surface area contributed by atoms with Crippen LogP contribution in [0.4, 0.5) is 10.1 Å². The first-order valence-corrected chi connectivity index (χ1v) is 6.25. The van der Waals surface area contributed by atoms with Gasteiger partial charge in [-0.2, -0.15) is 0 Å². The van der Waals surface area contributed by atoms with E-state index in [1.807, 2.05) is 11.9 Å². The number of hydrogen-bond acceptors (Lipinski definition) is 3. The molecule has 98 valence electrons. The van der Waals surface area contributed by atoms with Gasteiger partial charge in [0.05, 0.1) is 5.56 Å². The predicted octanol–water partition coefficient (Wildman–Crippen LogP) is 2.50. The molecule has 1 aromatic carbocycles. The van der Waals surface area contributed by atoms with Crippen LogP contribution in [0, 0.1) is 11.7 Å². The quantitative estimate of drug-likeness (QED) is 0.770. The number of aldehydes is 1. The predicted molar refractivity (Wildman–Crippen MR) is 68.6 cm³/mol. The van der Waals surface area contributed by atoms with Crippen molar-refractivity contribution >= 4 is 12.0 Å². The van der Waals surface area contributed by atoms with Crippen molar-refractivity contribution < 1.29 is 13.9 Å². The number of nitrogens with zero attached hydrogens (tertiary/aromatic N) is 1. The van der Waals surface area contributed by atoms with Gasteiger partial charge < -0.3 is 9.64 Å². The summed E-state index contributed by atoms with van der Waals surface area (Å²) in [5.74, 6) is 0.0906. The molecule has 0 aromatic heterocycles. The van der Waals surface area contributed by atoms with E-state index in [2.05, 4.69) is 0 Å². The van der Waals surface area contributed by atoms with Crippen LogP contribution in [0.5, 0.6) is 0 Å². The molecule has 0 bridgehead atoms. The maximum atomic E-state index is 13.5. The van der Waals surface area contributed by atoms with E-state index >= 15 is 0 Å². The van der Waals surface area contributed by atoms with E-state index < -0.39 is 5.82 Å². The van der Waals surface area contributed by atoms with Crippen molar-refractivity contribution in [2.75, 3.05) is 31.7 Å². The Morgan fingerprint density at radius 3 is 2.83 bits per heavy atom. The van der Waals surface area contributed by atoms with Crippen molar-refractivity contribution in [1.29, 1.82) is 0 Å². The van der Waals surface area contributed by atoms with Crippen LogP contribution in [-0.4, -0.2) is 33.1 Å². The molecule has 18 heavy (non-hydrogen) atoms. The summed E-state index contributed by atoms with van der Waals surface area (Å²) in [7, 11) is 1.90. The second-order valence-electron chi connectivity index (χ2n) is 4.73. The normalized spacial score (nSPS) is 16.6. The van der Waals surface area contributed by atoms with Gasteiger partial charge in [-0.3, -0.25) is 4.79 Å². The molecule has 3 nitrogen and oxygen atoms in total. The van der Waals surface area contributed by atoms with Gasteiger partial charge in [0.2, 0.25) is 0 Å². The highest BCUT2D eigenvalue weighted by molar-refractivity contribution is 5.84. The fraction of sp³-hybridized carbons (Fsp3) is 0.500. The molecule has 0 spiro atoms. The van der Waals surface area contributed by atoms with Crippen LogP contribution in [0.25, 0.3) is 0 Å². The average Bonchev–Trinajstić information content (AvgIpc) is 2.39. The molecule has 1 fully saturated rings. The minimum atomic E-state index is -0.457. The number of halogens is 1. The first kappa shape index (κ1) is 13.0. The van der Waals surface area contributed by atoms with Gasteiger partial charge >= 0.3 is 0 Å². The number of carbonyl (C=O) groups is 1. The van der Waals surface area contributed by atoms with Crippen molar-refractivity contribution in [2.24, 2.45) is 5.92 Å². The zero-order chi connectivity index (χ0) is 13.0. The van der Waals surface area contributed by atoms with Crippen molar-refractivity contribution in [3.05, 3.63) is 29.6 Å². The molecule has 0 aliphatic carbocycles. The number of ether oxygens (including phenoxy) is 1. The van der Waals surface area contributed by atoms with Gasteiger partial charge in [-0.15, -0.1) is 0 Å². The van der Waals surface area contributed by atoms with Gasteiger partial charge in [0.15, 0.2) is 6.29 Å². The van der Waals surface area contributed by atoms with Gasteiger partial charge in [-0.1, -0.05) is 6.07 Å². The van der Waals surface area contributed by atoms with Gasteiger partial charge in [-0.05, 0) is 30.9 Å². The third-order valence-electron chi connectivity index (χ3n) is 3.43. The lowest BCUT2D eigenvalue weighted by molar-refractivity contribution is 0.0685. The van der Waals surface area contributed by atoms with Crippen LogP contribution in [0.15, 0.2) is 18.2 Å². The molecule has 0 N–H and O–H groups in total. The molecule has 1 aromatic rings. The SMILES string of the molecule is CN(CC1CCOCC1)c1cccc(F)c1C=O.